The predicted octanol–water partition coefficient (Wildman–Crippen LogP) is 2.26. The zero-order chi connectivity index (χ0) is 14.4. The van der Waals surface area contributed by atoms with Crippen LogP contribution < -0.4 is 5.32 Å². The van der Waals surface area contributed by atoms with Gasteiger partial charge in [-0.1, -0.05) is 30.3 Å². The summed E-state index contributed by atoms with van der Waals surface area (Å²) in [6, 6.07) is 9.37. The fraction of sp³-hybridized carbons (Fsp3) is 0.429. The van der Waals surface area contributed by atoms with Crippen LogP contribution in [0.1, 0.15) is 18.4 Å². The summed E-state index contributed by atoms with van der Waals surface area (Å²) in [4.78, 5) is 22.7. The van der Waals surface area contributed by atoms with Crippen LogP contribution in [0.2, 0.25) is 0 Å². The van der Waals surface area contributed by atoms with Crippen molar-refractivity contribution in [1.29, 1.82) is 0 Å². The highest BCUT2D eigenvalue weighted by atomic mass is 32.2. The first kappa shape index (κ1) is 14.7. The van der Waals surface area contributed by atoms with Crippen LogP contribution in [0.5, 0.6) is 0 Å². The number of rotatable bonds is 5. The van der Waals surface area contributed by atoms with Crippen LogP contribution in [0.4, 0.5) is 4.79 Å². The molecule has 5 nitrogen and oxygen atoms in total. The molecule has 1 aromatic carbocycles. The van der Waals surface area contributed by atoms with Crippen LogP contribution in [0, 0.1) is 0 Å². The molecule has 1 aliphatic heterocycles. The molecule has 6 heteroatoms. The minimum Gasteiger partial charge on any atom is -0.481 e. The number of carbonyl (C=O) groups is 2. The van der Waals surface area contributed by atoms with E-state index in [0.29, 0.717) is 12.2 Å². The standard InChI is InChI=1S/C14H17NO4S/c16-12(17)8-14(6-7-20-10-14)15-13(18)19-9-11-4-2-1-3-5-11/h1-5H,6-10H2,(H,15,18)(H,16,17). The van der Waals surface area contributed by atoms with Gasteiger partial charge in [0.05, 0.1) is 12.0 Å². The molecule has 2 N–H and O–H groups in total. The average molecular weight is 295 g/mol. The lowest BCUT2D eigenvalue weighted by atomic mass is 9.95. The van der Waals surface area contributed by atoms with Crippen LogP contribution in [0.3, 0.4) is 0 Å². The number of carboxylic acids is 1. The molecule has 1 fully saturated rings. The number of thioether (sulfide) groups is 1. The maximum atomic E-state index is 11.8. The third kappa shape index (κ3) is 4.16. The lowest BCUT2D eigenvalue weighted by Gasteiger charge is -2.27. The minimum atomic E-state index is -0.907. The molecule has 1 amide bonds. The van der Waals surface area contributed by atoms with Gasteiger partial charge in [-0.25, -0.2) is 4.79 Å². The summed E-state index contributed by atoms with van der Waals surface area (Å²) in [6.45, 7) is 0.183. The summed E-state index contributed by atoms with van der Waals surface area (Å²) in [6.07, 6.45) is 0.0304. The van der Waals surface area contributed by atoms with Crippen molar-refractivity contribution in [2.24, 2.45) is 0 Å². The van der Waals surface area contributed by atoms with E-state index in [-0.39, 0.29) is 13.0 Å². The zero-order valence-electron chi connectivity index (χ0n) is 11.0. The van der Waals surface area contributed by atoms with Crippen molar-refractivity contribution in [3.05, 3.63) is 35.9 Å². The second kappa shape index (κ2) is 6.65. The summed E-state index contributed by atoms with van der Waals surface area (Å²) in [5.74, 6) is 0.558. The van der Waals surface area contributed by atoms with E-state index in [1.807, 2.05) is 30.3 Å². The smallest absolute Gasteiger partial charge is 0.407 e. The van der Waals surface area contributed by atoms with Crippen LogP contribution in [-0.4, -0.2) is 34.2 Å². The Morgan fingerprint density at radius 3 is 2.70 bits per heavy atom. The van der Waals surface area contributed by atoms with Gasteiger partial charge in [-0.15, -0.1) is 0 Å². The van der Waals surface area contributed by atoms with Crippen LogP contribution in [0.25, 0.3) is 0 Å². The van der Waals surface area contributed by atoms with E-state index in [0.717, 1.165) is 11.3 Å². The summed E-state index contributed by atoms with van der Waals surface area (Å²) in [5, 5.41) is 11.7. The second-order valence-corrected chi connectivity index (χ2v) is 5.95. The lowest BCUT2D eigenvalue weighted by molar-refractivity contribution is -0.138. The fourth-order valence-corrected chi connectivity index (χ4v) is 3.54. The van der Waals surface area contributed by atoms with Crippen molar-refractivity contribution in [2.75, 3.05) is 11.5 Å². The molecule has 1 heterocycles. The van der Waals surface area contributed by atoms with Gasteiger partial charge in [0, 0.05) is 5.75 Å². The van der Waals surface area contributed by atoms with Gasteiger partial charge in [0.2, 0.25) is 0 Å². The summed E-state index contributed by atoms with van der Waals surface area (Å²) < 4.78 is 5.14. The molecule has 108 valence electrons. The van der Waals surface area contributed by atoms with Gasteiger partial charge in [0.15, 0.2) is 0 Å². The number of amides is 1. The first-order valence-corrected chi connectivity index (χ1v) is 7.54. The zero-order valence-corrected chi connectivity index (χ0v) is 11.8. The first-order chi connectivity index (χ1) is 9.60. The van der Waals surface area contributed by atoms with E-state index in [4.69, 9.17) is 9.84 Å². The molecule has 20 heavy (non-hydrogen) atoms. The van der Waals surface area contributed by atoms with E-state index < -0.39 is 17.6 Å². The Morgan fingerprint density at radius 1 is 1.35 bits per heavy atom. The minimum absolute atomic E-state index is 0.0690. The van der Waals surface area contributed by atoms with Crippen molar-refractivity contribution in [3.8, 4) is 0 Å². The number of alkyl carbamates (subject to hydrolysis) is 1. The molecule has 2 rings (SSSR count). The van der Waals surface area contributed by atoms with Crippen molar-refractivity contribution in [3.63, 3.8) is 0 Å². The maximum Gasteiger partial charge on any atom is 0.407 e. The number of hydrogen-bond acceptors (Lipinski definition) is 4. The van der Waals surface area contributed by atoms with Crippen LogP contribution in [-0.2, 0) is 16.1 Å². The molecule has 0 aliphatic carbocycles. The topological polar surface area (TPSA) is 75.6 Å². The molecule has 0 radical (unpaired) electrons. The maximum absolute atomic E-state index is 11.8. The van der Waals surface area contributed by atoms with Gasteiger partial charge in [0.1, 0.15) is 6.61 Å². The predicted molar refractivity (Wildman–Crippen MR) is 76.7 cm³/mol. The highest BCUT2D eigenvalue weighted by molar-refractivity contribution is 7.99. The van der Waals surface area contributed by atoms with E-state index in [2.05, 4.69) is 5.32 Å². The summed E-state index contributed by atoms with van der Waals surface area (Å²) >= 11 is 1.65. The quantitative estimate of drug-likeness (QED) is 0.871. The van der Waals surface area contributed by atoms with Crippen molar-refractivity contribution in [1.82, 2.24) is 5.32 Å². The van der Waals surface area contributed by atoms with Crippen molar-refractivity contribution >= 4 is 23.8 Å². The highest BCUT2D eigenvalue weighted by Gasteiger charge is 2.38. The number of carboxylic acid groups (broad SMARTS) is 1. The van der Waals surface area contributed by atoms with E-state index in [1.165, 1.54) is 0 Å². The number of aliphatic carboxylic acids is 1. The number of hydrogen-bond donors (Lipinski definition) is 2. The Balaban J connectivity index is 1.87. The van der Waals surface area contributed by atoms with E-state index in [9.17, 15) is 9.59 Å². The van der Waals surface area contributed by atoms with Crippen molar-refractivity contribution in [2.45, 2.75) is 25.0 Å². The Morgan fingerprint density at radius 2 is 2.10 bits per heavy atom. The molecular formula is C14H17NO4S. The molecule has 1 atom stereocenters. The van der Waals surface area contributed by atoms with Gasteiger partial charge < -0.3 is 15.2 Å². The highest BCUT2D eigenvalue weighted by Crippen LogP contribution is 2.31. The second-order valence-electron chi connectivity index (χ2n) is 4.84. The Hall–Kier alpha value is -1.69. The van der Waals surface area contributed by atoms with Crippen molar-refractivity contribution < 1.29 is 19.4 Å². The van der Waals surface area contributed by atoms with Gasteiger partial charge in [-0.3, -0.25) is 4.79 Å². The summed E-state index contributed by atoms with van der Waals surface area (Å²) in [5.41, 5.74) is 0.223. The number of nitrogens with one attached hydrogen (secondary N) is 1. The number of carbonyl (C=O) groups excluding carboxylic acids is 1. The third-order valence-corrected chi connectivity index (χ3v) is 4.42. The SMILES string of the molecule is O=C(O)CC1(NC(=O)OCc2ccccc2)CCSC1. The third-order valence-electron chi connectivity index (χ3n) is 3.17. The monoisotopic (exact) mass is 295 g/mol. The fourth-order valence-electron chi connectivity index (χ4n) is 2.15. The molecule has 0 aromatic heterocycles. The molecule has 1 unspecified atom stereocenters. The lowest BCUT2D eigenvalue weighted by Crippen LogP contribution is -2.50. The molecule has 1 aliphatic rings. The summed E-state index contributed by atoms with van der Waals surface area (Å²) in [7, 11) is 0. The Labute approximate surface area is 121 Å². The van der Waals surface area contributed by atoms with Gasteiger partial charge in [-0.05, 0) is 17.7 Å². The molecule has 0 spiro atoms. The Bertz CT molecular complexity index is 471. The van der Waals surface area contributed by atoms with Gasteiger partial charge >= 0.3 is 12.1 Å². The molecule has 0 saturated carbocycles. The van der Waals surface area contributed by atoms with Gasteiger partial charge in [-0.2, -0.15) is 11.8 Å². The first-order valence-electron chi connectivity index (χ1n) is 6.38. The van der Waals surface area contributed by atoms with Crippen LogP contribution in [0.15, 0.2) is 30.3 Å². The molecule has 0 bridgehead atoms. The number of benzene rings is 1. The molecule has 1 aromatic rings. The molecule has 1 saturated heterocycles. The normalized spacial score (nSPS) is 21.4. The van der Waals surface area contributed by atoms with Crippen LogP contribution >= 0.6 is 11.8 Å². The van der Waals surface area contributed by atoms with Gasteiger partial charge in [0.25, 0.3) is 0 Å². The van der Waals surface area contributed by atoms with E-state index >= 15 is 0 Å². The molecular weight excluding hydrogens is 278 g/mol. The Kier molecular flexibility index (Phi) is 4.89. The van der Waals surface area contributed by atoms with E-state index in [1.54, 1.807) is 11.8 Å². The average Bonchev–Trinajstić information content (AvgIpc) is 2.85. The largest absolute Gasteiger partial charge is 0.481 e. The number of ether oxygens (including phenoxy) is 1.